The summed E-state index contributed by atoms with van der Waals surface area (Å²) in [5.74, 6) is 1.63. The number of methoxy groups -OCH3 is 1. The molecule has 0 saturated heterocycles. The van der Waals surface area contributed by atoms with Gasteiger partial charge in [0, 0.05) is 31.4 Å². The van der Waals surface area contributed by atoms with Crippen molar-refractivity contribution in [2.75, 3.05) is 34.8 Å². The number of hydrogen-bond donors (Lipinski definition) is 2. The minimum Gasteiger partial charge on any atom is -0.496 e. The first-order chi connectivity index (χ1) is 15.4. The summed E-state index contributed by atoms with van der Waals surface area (Å²) in [6, 6.07) is 18.6. The van der Waals surface area contributed by atoms with Crippen LogP contribution in [0.1, 0.15) is 28.6 Å². The van der Waals surface area contributed by atoms with E-state index >= 15 is 0 Å². The molecule has 0 aliphatic rings. The molecular formula is C25H34N6O. The van der Waals surface area contributed by atoms with E-state index in [1.165, 1.54) is 0 Å². The minimum atomic E-state index is 0.131. The summed E-state index contributed by atoms with van der Waals surface area (Å²) in [7, 11) is 7.63. The van der Waals surface area contributed by atoms with E-state index in [1.807, 2.05) is 41.9 Å². The number of para-hydroxylation sites is 2. The van der Waals surface area contributed by atoms with Crippen LogP contribution >= 0.6 is 0 Å². The van der Waals surface area contributed by atoms with E-state index < -0.39 is 0 Å². The molecule has 0 radical (unpaired) electrons. The predicted molar refractivity (Wildman–Crippen MR) is 131 cm³/mol. The van der Waals surface area contributed by atoms with Crippen molar-refractivity contribution in [1.29, 1.82) is 0 Å². The van der Waals surface area contributed by atoms with Crippen LogP contribution in [0.3, 0.4) is 0 Å². The van der Waals surface area contributed by atoms with Crippen molar-refractivity contribution < 1.29 is 4.74 Å². The van der Waals surface area contributed by atoms with Crippen molar-refractivity contribution in [3.05, 3.63) is 77.1 Å². The third-order valence-electron chi connectivity index (χ3n) is 5.48. The number of likely N-dealkylation sites (N-methyl/N-ethyl adjacent to an activating group) is 1. The number of aliphatic imine (C=N–C) groups is 1. The summed E-state index contributed by atoms with van der Waals surface area (Å²) in [6.07, 6.45) is 0. The Balaban J connectivity index is 1.70. The molecular weight excluding hydrogens is 400 g/mol. The molecule has 3 aromatic rings. The molecule has 1 atom stereocenters. The molecule has 170 valence electrons. The van der Waals surface area contributed by atoms with Crippen LogP contribution in [0, 0.1) is 13.8 Å². The van der Waals surface area contributed by atoms with Gasteiger partial charge >= 0.3 is 0 Å². The molecule has 0 fully saturated rings. The first kappa shape index (κ1) is 23.3. The number of aromatic nitrogens is 2. The van der Waals surface area contributed by atoms with Gasteiger partial charge in [0.1, 0.15) is 5.75 Å². The Bertz CT molecular complexity index is 1060. The zero-order chi connectivity index (χ0) is 23.1. The Labute approximate surface area is 191 Å². The summed E-state index contributed by atoms with van der Waals surface area (Å²) < 4.78 is 7.57. The Morgan fingerprint density at radius 2 is 1.81 bits per heavy atom. The molecule has 7 nitrogen and oxygen atoms in total. The zero-order valence-electron chi connectivity index (χ0n) is 19.9. The molecule has 0 spiro atoms. The first-order valence-electron chi connectivity index (χ1n) is 10.8. The van der Waals surface area contributed by atoms with Gasteiger partial charge in [-0.3, -0.25) is 4.99 Å². The third kappa shape index (κ3) is 5.48. The first-order valence-corrected chi connectivity index (χ1v) is 10.8. The molecule has 0 aliphatic carbocycles. The van der Waals surface area contributed by atoms with E-state index in [1.54, 1.807) is 14.2 Å². The number of guanidine groups is 1. The van der Waals surface area contributed by atoms with Crippen molar-refractivity contribution >= 4 is 5.96 Å². The monoisotopic (exact) mass is 434 g/mol. The lowest BCUT2D eigenvalue weighted by atomic mass is 10.0. The lowest BCUT2D eigenvalue weighted by molar-refractivity contribution is 0.287. The molecule has 0 bridgehead atoms. The quantitative estimate of drug-likeness (QED) is 0.420. The van der Waals surface area contributed by atoms with E-state index in [2.05, 4.69) is 70.9 Å². The van der Waals surface area contributed by atoms with Crippen LogP contribution in [0.2, 0.25) is 0 Å². The Hall–Kier alpha value is -3.32. The van der Waals surface area contributed by atoms with E-state index in [9.17, 15) is 0 Å². The summed E-state index contributed by atoms with van der Waals surface area (Å²) in [5.41, 5.74) is 5.48. The molecule has 32 heavy (non-hydrogen) atoms. The summed E-state index contributed by atoms with van der Waals surface area (Å²) in [5, 5.41) is 11.6. The standard InChI is InChI=1S/C25H34N6O/c1-18-15-19(2)31(29-18)22-13-9-7-11-20(22)16-27-25(26-3)28-17-23(30(4)5)21-12-8-10-14-24(21)32-6/h7-15,23H,16-17H2,1-6H3,(H2,26,27,28). The van der Waals surface area contributed by atoms with Gasteiger partial charge in [0.2, 0.25) is 0 Å². The smallest absolute Gasteiger partial charge is 0.191 e. The molecule has 1 unspecified atom stereocenters. The predicted octanol–water partition coefficient (Wildman–Crippen LogP) is 3.47. The maximum atomic E-state index is 5.57. The second kappa shape index (κ2) is 10.8. The highest BCUT2D eigenvalue weighted by Crippen LogP contribution is 2.27. The molecule has 1 aromatic heterocycles. The average Bonchev–Trinajstić information content (AvgIpc) is 3.13. The van der Waals surface area contributed by atoms with Crippen molar-refractivity contribution in [3.8, 4) is 11.4 Å². The maximum Gasteiger partial charge on any atom is 0.191 e. The number of nitrogens with one attached hydrogen (secondary N) is 2. The Morgan fingerprint density at radius 3 is 2.47 bits per heavy atom. The topological polar surface area (TPSA) is 66.7 Å². The van der Waals surface area contributed by atoms with Crippen molar-refractivity contribution in [3.63, 3.8) is 0 Å². The Kier molecular flexibility index (Phi) is 7.89. The molecule has 7 heteroatoms. The van der Waals surface area contributed by atoms with Crippen molar-refractivity contribution in [2.45, 2.75) is 26.4 Å². The summed E-state index contributed by atoms with van der Waals surface area (Å²) in [4.78, 5) is 6.59. The lowest BCUT2D eigenvalue weighted by Crippen LogP contribution is -2.41. The van der Waals surface area contributed by atoms with Crippen LogP contribution in [0.25, 0.3) is 5.69 Å². The molecule has 0 aliphatic heterocycles. The Morgan fingerprint density at radius 1 is 1.09 bits per heavy atom. The second-order valence-corrected chi connectivity index (χ2v) is 8.00. The van der Waals surface area contributed by atoms with Crippen molar-refractivity contribution in [1.82, 2.24) is 25.3 Å². The molecule has 1 heterocycles. The normalized spacial score (nSPS) is 12.7. The number of nitrogens with zero attached hydrogens (tertiary/aromatic N) is 4. The van der Waals surface area contributed by atoms with Gasteiger partial charge in [-0.15, -0.1) is 0 Å². The molecule has 2 N–H and O–H groups in total. The fourth-order valence-corrected chi connectivity index (χ4v) is 3.85. The van der Waals surface area contributed by atoms with Gasteiger partial charge in [-0.1, -0.05) is 36.4 Å². The van der Waals surface area contributed by atoms with Crippen LogP contribution in [-0.4, -0.2) is 55.4 Å². The minimum absolute atomic E-state index is 0.131. The zero-order valence-corrected chi connectivity index (χ0v) is 19.9. The van der Waals surface area contributed by atoms with Crippen LogP contribution in [0.5, 0.6) is 5.75 Å². The van der Waals surface area contributed by atoms with E-state index in [0.717, 1.165) is 39.9 Å². The number of hydrogen-bond acceptors (Lipinski definition) is 4. The SMILES string of the molecule is CN=C(NCc1ccccc1-n1nc(C)cc1C)NCC(c1ccccc1OC)N(C)C. The second-order valence-electron chi connectivity index (χ2n) is 8.00. The fraction of sp³-hybridized carbons (Fsp3) is 0.360. The summed E-state index contributed by atoms with van der Waals surface area (Å²) in [6.45, 7) is 5.41. The van der Waals surface area contributed by atoms with Gasteiger partial charge in [-0.25, -0.2) is 4.68 Å². The largest absolute Gasteiger partial charge is 0.496 e. The van der Waals surface area contributed by atoms with Gasteiger partial charge < -0.3 is 20.3 Å². The van der Waals surface area contributed by atoms with Gasteiger partial charge in [-0.2, -0.15) is 5.10 Å². The van der Waals surface area contributed by atoms with Crippen LogP contribution < -0.4 is 15.4 Å². The van der Waals surface area contributed by atoms with Crippen LogP contribution in [0.15, 0.2) is 59.6 Å². The number of benzene rings is 2. The van der Waals surface area contributed by atoms with Gasteiger partial charge in [0.25, 0.3) is 0 Å². The summed E-state index contributed by atoms with van der Waals surface area (Å²) >= 11 is 0. The lowest BCUT2D eigenvalue weighted by Gasteiger charge is -2.27. The number of rotatable bonds is 8. The van der Waals surface area contributed by atoms with Gasteiger partial charge in [-0.05, 0) is 51.7 Å². The molecule has 0 saturated carbocycles. The molecule has 0 amide bonds. The van der Waals surface area contributed by atoms with Crippen LogP contribution in [0.4, 0.5) is 0 Å². The van der Waals surface area contributed by atoms with Crippen molar-refractivity contribution in [2.24, 2.45) is 4.99 Å². The highest BCUT2D eigenvalue weighted by Gasteiger charge is 2.18. The molecule has 2 aromatic carbocycles. The van der Waals surface area contributed by atoms with Gasteiger partial charge in [0.05, 0.1) is 24.5 Å². The van der Waals surface area contributed by atoms with Gasteiger partial charge in [0.15, 0.2) is 5.96 Å². The highest BCUT2D eigenvalue weighted by molar-refractivity contribution is 5.79. The number of ether oxygens (including phenoxy) is 1. The van der Waals surface area contributed by atoms with E-state index in [4.69, 9.17) is 4.74 Å². The van der Waals surface area contributed by atoms with E-state index in [0.29, 0.717) is 13.1 Å². The third-order valence-corrected chi connectivity index (χ3v) is 5.48. The fourth-order valence-electron chi connectivity index (χ4n) is 3.85. The average molecular weight is 435 g/mol. The number of aryl methyl sites for hydroxylation is 2. The molecule has 3 rings (SSSR count). The highest BCUT2D eigenvalue weighted by atomic mass is 16.5. The van der Waals surface area contributed by atoms with E-state index in [-0.39, 0.29) is 6.04 Å². The van der Waals surface area contributed by atoms with Crippen LogP contribution in [-0.2, 0) is 6.54 Å². The maximum absolute atomic E-state index is 5.57.